The second-order valence-corrected chi connectivity index (χ2v) is 5.67. The summed E-state index contributed by atoms with van der Waals surface area (Å²) in [5, 5.41) is 6.65. The molecule has 0 radical (unpaired) electrons. The number of aliphatic imine (C=N–C) groups is 1. The maximum absolute atomic E-state index is 5.38. The molecule has 0 heterocycles. The van der Waals surface area contributed by atoms with Crippen LogP contribution in [0.15, 0.2) is 16.6 Å². The highest BCUT2D eigenvalue weighted by atomic mass is 127. The van der Waals surface area contributed by atoms with Crippen molar-refractivity contribution in [3.05, 3.63) is 11.6 Å². The minimum atomic E-state index is -0.177. The van der Waals surface area contributed by atoms with Crippen LogP contribution in [0.1, 0.15) is 46.0 Å². The molecule has 0 saturated carbocycles. The monoisotopic (exact) mass is 395 g/mol. The molecule has 4 nitrogen and oxygen atoms in total. The van der Waals surface area contributed by atoms with Crippen LogP contribution in [0.4, 0.5) is 0 Å². The average molecular weight is 395 g/mol. The van der Waals surface area contributed by atoms with Crippen molar-refractivity contribution < 1.29 is 4.74 Å². The Morgan fingerprint density at radius 3 is 2.65 bits per heavy atom. The van der Waals surface area contributed by atoms with Crippen molar-refractivity contribution in [2.24, 2.45) is 4.99 Å². The number of methoxy groups -OCH3 is 1. The number of allylic oxidation sites excluding steroid dienone is 1. The van der Waals surface area contributed by atoms with E-state index in [4.69, 9.17) is 4.74 Å². The Kier molecular flexibility index (Phi) is 10.3. The number of halogens is 1. The van der Waals surface area contributed by atoms with E-state index >= 15 is 0 Å². The van der Waals surface area contributed by atoms with Gasteiger partial charge in [0.2, 0.25) is 0 Å². The highest BCUT2D eigenvalue weighted by Crippen LogP contribution is 2.19. The second kappa shape index (κ2) is 10.4. The molecule has 118 valence electrons. The molecule has 2 N–H and O–H groups in total. The van der Waals surface area contributed by atoms with E-state index in [1.807, 2.05) is 0 Å². The van der Waals surface area contributed by atoms with Crippen molar-refractivity contribution in [2.75, 3.05) is 27.2 Å². The molecular weight excluding hydrogens is 365 g/mol. The Balaban J connectivity index is 0.00000361. The molecule has 0 spiro atoms. The maximum Gasteiger partial charge on any atom is 0.191 e. The summed E-state index contributed by atoms with van der Waals surface area (Å²) in [5.41, 5.74) is 1.41. The SMILES string of the molecule is CN=C(NCCC1=CCCCC1)NCC(C)(C)OC.I. The maximum atomic E-state index is 5.38. The molecular formula is C15H30IN3O. The fourth-order valence-electron chi connectivity index (χ4n) is 2.06. The molecule has 1 rings (SSSR count). The minimum absolute atomic E-state index is 0. The van der Waals surface area contributed by atoms with Gasteiger partial charge in [0.25, 0.3) is 0 Å². The first-order chi connectivity index (χ1) is 9.07. The van der Waals surface area contributed by atoms with Crippen LogP contribution >= 0.6 is 24.0 Å². The summed E-state index contributed by atoms with van der Waals surface area (Å²) < 4.78 is 5.38. The number of rotatable bonds is 6. The summed E-state index contributed by atoms with van der Waals surface area (Å²) in [5.74, 6) is 0.849. The molecule has 0 aromatic heterocycles. The van der Waals surface area contributed by atoms with E-state index in [9.17, 15) is 0 Å². The zero-order valence-electron chi connectivity index (χ0n) is 13.3. The number of hydrogen-bond acceptors (Lipinski definition) is 2. The van der Waals surface area contributed by atoms with Gasteiger partial charge in [-0.15, -0.1) is 24.0 Å². The predicted molar refractivity (Wildman–Crippen MR) is 97.0 cm³/mol. The van der Waals surface area contributed by atoms with Crippen LogP contribution in [-0.2, 0) is 4.74 Å². The summed E-state index contributed by atoms with van der Waals surface area (Å²) in [4.78, 5) is 4.23. The van der Waals surface area contributed by atoms with Crippen molar-refractivity contribution in [3.8, 4) is 0 Å². The summed E-state index contributed by atoms with van der Waals surface area (Å²) >= 11 is 0. The topological polar surface area (TPSA) is 45.7 Å². The smallest absolute Gasteiger partial charge is 0.191 e. The fourth-order valence-corrected chi connectivity index (χ4v) is 2.06. The first kappa shape index (κ1) is 19.7. The molecule has 0 fully saturated rings. The Labute approximate surface area is 140 Å². The predicted octanol–water partition coefficient (Wildman–Crippen LogP) is 3.08. The van der Waals surface area contributed by atoms with Gasteiger partial charge in [-0.1, -0.05) is 11.6 Å². The van der Waals surface area contributed by atoms with Crippen molar-refractivity contribution in [1.29, 1.82) is 0 Å². The van der Waals surface area contributed by atoms with Crippen LogP contribution in [0.2, 0.25) is 0 Å². The van der Waals surface area contributed by atoms with Crippen LogP contribution in [0.5, 0.6) is 0 Å². The van der Waals surface area contributed by atoms with Gasteiger partial charge in [-0.3, -0.25) is 4.99 Å². The van der Waals surface area contributed by atoms with Crippen molar-refractivity contribution in [3.63, 3.8) is 0 Å². The van der Waals surface area contributed by atoms with Gasteiger partial charge in [-0.05, 0) is 46.0 Å². The van der Waals surface area contributed by atoms with Gasteiger partial charge >= 0.3 is 0 Å². The van der Waals surface area contributed by atoms with E-state index in [1.165, 1.54) is 25.7 Å². The molecule has 0 aromatic rings. The van der Waals surface area contributed by atoms with Crippen LogP contribution in [0.3, 0.4) is 0 Å². The minimum Gasteiger partial charge on any atom is -0.377 e. The molecule has 0 atom stereocenters. The lowest BCUT2D eigenvalue weighted by molar-refractivity contribution is 0.0268. The van der Waals surface area contributed by atoms with Gasteiger partial charge in [-0.2, -0.15) is 0 Å². The molecule has 0 unspecified atom stereocenters. The Morgan fingerprint density at radius 2 is 2.10 bits per heavy atom. The average Bonchev–Trinajstić information content (AvgIpc) is 2.43. The number of hydrogen-bond donors (Lipinski definition) is 2. The number of guanidine groups is 1. The van der Waals surface area contributed by atoms with Crippen LogP contribution in [-0.4, -0.2) is 38.8 Å². The van der Waals surface area contributed by atoms with E-state index in [0.717, 1.165) is 25.5 Å². The molecule has 5 heteroatoms. The Bertz CT molecular complexity index is 327. The second-order valence-electron chi connectivity index (χ2n) is 5.67. The molecule has 1 aliphatic rings. The highest BCUT2D eigenvalue weighted by molar-refractivity contribution is 14.0. The quantitative estimate of drug-likeness (QED) is 0.315. The van der Waals surface area contributed by atoms with E-state index in [1.54, 1.807) is 19.7 Å². The fraction of sp³-hybridized carbons (Fsp3) is 0.800. The number of nitrogens with one attached hydrogen (secondary N) is 2. The lowest BCUT2D eigenvalue weighted by Crippen LogP contribution is -2.45. The molecule has 0 amide bonds. The largest absolute Gasteiger partial charge is 0.377 e. The third-order valence-electron chi connectivity index (χ3n) is 3.58. The molecule has 1 aliphatic carbocycles. The van der Waals surface area contributed by atoms with Crippen molar-refractivity contribution in [2.45, 2.75) is 51.6 Å². The number of ether oxygens (including phenoxy) is 1. The van der Waals surface area contributed by atoms with E-state index in [0.29, 0.717) is 0 Å². The van der Waals surface area contributed by atoms with Gasteiger partial charge in [0.15, 0.2) is 5.96 Å². The van der Waals surface area contributed by atoms with Gasteiger partial charge < -0.3 is 15.4 Å². The van der Waals surface area contributed by atoms with Crippen LogP contribution in [0, 0.1) is 0 Å². The van der Waals surface area contributed by atoms with Gasteiger partial charge in [0.1, 0.15) is 0 Å². The third kappa shape index (κ3) is 8.09. The normalized spacial score (nSPS) is 16.2. The van der Waals surface area contributed by atoms with Crippen molar-refractivity contribution >= 4 is 29.9 Å². The van der Waals surface area contributed by atoms with Crippen LogP contribution in [0.25, 0.3) is 0 Å². The molecule has 0 bridgehead atoms. The summed E-state index contributed by atoms with van der Waals surface area (Å²) in [6.07, 6.45) is 8.74. The first-order valence-corrected chi connectivity index (χ1v) is 7.25. The Morgan fingerprint density at radius 1 is 1.35 bits per heavy atom. The standard InChI is InChI=1S/C15H29N3O.HI/c1-15(2,19-4)12-18-14(16-3)17-11-10-13-8-6-5-7-9-13;/h8H,5-7,9-12H2,1-4H3,(H2,16,17,18);1H. The summed E-state index contributed by atoms with van der Waals surface area (Å²) in [6.45, 7) is 5.80. The van der Waals surface area contributed by atoms with E-state index in [-0.39, 0.29) is 29.6 Å². The summed E-state index contributed by atoms with van der Waals surface area (Å²) in [7, 11) is 3.53. The lowest BCUT2D eigenvalue weighted by Gasteiger charge is -2.24. The molecule has 0 aliphatic heterocycles. The van der Waals surface area contributed by atoms with Gasteiger partial charge in [-0.25, -0.2) is 0 Å². The number of nitrogens with zero attached hydrogens (tertiary/aromatic N) is 1. The van der Waals surface area contributed by atoms with E-state index < -0.39 is 0 Å². The van der Waals surface area contributed by atoms with E-state index in [2.05, 4.69) is 35.5 Å². The van der Waals surface area contributed by atoms with Gasteiger partial charge in [0, 0.05) is 27.2 Å². The zero-order chi connectivity index (χ0) is 14.1. The molecule has 0 aromatic carbocycles. The highest BCUT2D eigenvalue weighted by Gasteiger charge is 2.16. The lowest BCUT2D eigenvalue weighted by atomic mass is 9.97. The molecule has 0 saturated heterocycles. The molecule has 20 heavy (non-hydrogen) atoms. The summed E-state index contributed by atoms with van der Waals surface area (Å²) in [6, 6.07) is 0. The third-order valence-corrected chi connectivity index (χ3v) is 3.58. The van der Waals surface area contributed by atoms with Crippen LogP contribution < -0.4 is 10.6 Å². The zero-order valence-corrected chi connectivity index (χ0v) is 15.6. The first-order valence-electron chi connectivity index (χ1n) is 7.25. The Hall–Kier alpha value is -0.300. The van der Waals surface area contributed by atoms with Gasteiger partial charge in [0.05, 0.1) is 5.60 Å². The van der Waals surface area contributed by atoms with Crippen molar-refractivity contribution in [1.82, 2.24) is 10.6 Å².